The number of aliphatic hydroxyl groups excluding tert-OH is 1. The summed E-state index contributed by atoms with van der Waals surface area (Å²) in [6, 6.07) is -0.0190. The van der Waals surface area contributed by atoms with Crippen LogP contribution in [0, 0.1) is 5.92 Å². The van der Waals surface area contributed by atoms with Gasteiger partial charge in [-0.1, -0.05) is 13.8 Å². The van der Waals surface area contributed by atoms with Gasteiger partial charge in [-0.25, -0.2) is 0 Å². The number of carbonyl (C=O) groups is 2. The van der Waals surface area contributed by atoms with Gasteiger partial charge in [0.05, 0.1) is 0 Å². The molecule has 0 saturated carbocycles. The van der Waals surface area contributed by atoms with E-state index in [4.69, 9.17) is 10.2 Å². The van der Waals surface area contributed by atoms with E-state index in [0.29, 0.717) is 6.42 Å². The lowest BCUT2D eigenvalue weighted by molar-refractivity contribution is -0.138. The second-order valence-corrected chi connectivity index (χ2v) is 4.09. The molecule has 16 heavy (non-hydrogen) atoms. The number of rotatable bonds is 8. The molecule has 5 nitrogen and oxygen atoms in total. The molecule has 0 radical (unpaired) electrons. The van der Waals surface area contributed by atoms with Crippen molar-refractivity contribution in [2.75, 3.05) is 6.61 Å². The number of hydrogen-bond donors (Lipinski definition) is 3. The fourth-order valence-corrected chi connectivity index (χ4v) is 1.51. The first-order chi connectivity index (χ1) is 7.49. The summed E-state index contributed by atoms with van der Waals surface area (Å²) in [5, 5.41) is 20.1. The highest BCUT2D eigenvalue weighted by Gasteiger charge is 2.15. The summed E-state index contributed by atoms with van der Waals surface area (Å²) in [4.78, 5) is 21.9. The van der Waals surface area contributed by atoms with Gasteiger partial charge in [-0.15, -0.1) is 0 Å². The SMILES string of the molecule is CCC(CCO)NC(=O)CC(C)CC(=O)O. The van der Waals surface area contributed by atoms with E-state index in [1.165, 1.54) is 0 Å². The highest BCUT2D eigenvalue weighted by molar-refractivity contribution is 5.77. The number of amides is 1. The second kappa shape index (κ2) is 8.10. The molecule has 2 atom stereocenters. The monoisotopic (exact) mass is 231 g/mol. The molecule has 0 saturated heterocycles. The first-order valence-corrected chi connectivity index (χ1v) is 5.61. The highest BCUT2D eigenvalue weighted by atomic mass is 16.4. The molecule has 0 rings (SSSR count). The van der Waals surface area contributed by atoms with Crippen LogP contribution in [0.1, 0.15) is 39.5 Å². The molecule has 0 heterocycles. The van der Waals surface area contributed by atoms with Crippen LogP contribution in [0.15, 0.2) is 0 Å². The zero-order chi connectivity index (χ0) is 12.6. The first kappa shape index (κ1) is 14.9. The Hall–Kier alpha value is -1.10. The van der Waals surface area contributed by atoms with Gasteiger partial charge in [-0.3, -0.25) is 9.59 Å². The van der Waals surface area contributed by atoms with E-state index in [1.54, 1.807) is 6.92 Å². The van der Waals surface area contributed by atoms with Crippen molar-refractivity contribution in [2.24, 2.45) is 5.92 Å². The lowest BCUT2D eigenvalue weighted by Crippen LogP contribution is -2.35. The van der Waals surface area contributed by atoms with Crippen molar-refractivity contribution >= 4 is 11.9 Å². The quantitative estimate of drug-likeness (QED) is 0.575. The molecule has 0 aromatic heterocycles. The number of hydrogen-bond acceptors (Lipinski definition) is 3. The van der Waals surface area contributed by atoms with Gasteiger partial charge in [-0.2, -0.15) is 0 Å². The molecule has 1 amide bonds. The van der Waals surface area contributed by atoms with Crippen LogP contribution in [0.25, 0.3) is 0 Å². The molecule has 0 aromatic carbocycles. The summed E-state index contributed by atoms with van der Waals surface area (Å²) in [5.41, 5.74) is 0. The average molecular weight is 231 g/mol. The zero-order valence-electron chi connectivity index (χ0n) is 9.90. The van der Waals surface area contributed by atoms with Crippen molar-refractivity contribution in [3.05, 3.63) is 0 Å². The predicted octanol–water partition coefficient (Wildman–Crippen LogP) is 0.764. The number of carboxylic acids is 1. The van der Waals surface area contributed by atoms with E-state index in [2.05, 4.69) is 5.32 Å². The van der Waals surface area contributed by atoms with Crippen LogP contribution in [-0.4, -0.2) is 34.7 Å². The second-order valence-electron chi connectivity index (χ2n) is 4.09. The van der Waals surface area contributed by atoms with Gasteiger partial charge in [0.2, 0.25) is 5.91 Å². The molecule has 3 N–H and O–H groups in total. The lowest BCUT2D eigenvalue weighted by Gasteiger charge is -2.17. The Balaban J connectivity index is 3.91. The Morgan fingerprint density at radius 1 is 1.31 bits per heavy atom. The minimum Gasteiger partial charge on any atom is -0.481 e. The molecule has 0 aliphatic carbocycles. The van der Waals surface area contributed by atoms with Gasteiger partial charge in [0.15, 0.2) is 0 Å². The minimum absolute atomic E-state index is 0.00418. The van der Waals surface area contributed by atoms with E-state index in [1.807, 2.05) is 6.92 Å². The summed E-state index contributed by atoms with van der Waals surface area (Å²) < 4.78 is 0. The molecule has 0 aliphatic rings. The van der Waals surface area contributed by atoms with E-state index in [0.717, 1.165) is 6.42 Å². The van der Waals surface area contributed by atoms with E-state index >= 15 is 0 Å². The maximum Gasteiger partial charge on any atom is 0.303 e. The van der Waals surface area contributed by atoms with Gasteiger partial charge in [0.1, 0.15) is 0 Å². The molecule has 0 spiro atoms. The minimum atomic E-state index is -0.886. The normalized spacial score (nSPS) is 14.2. The summed E-state index contributed by atoms with van der Waals surface area (Å²) >= 11 is 0. The van der Waals surface area contributed by atoms with E-state index in [-0.39, 0.29) is 37.3 Å². The third-order valence-corrected chi connectivity index (χ3v) is 2.39. The third kappa shape index (κ3) is 7.23. The largest absolute Gasteiger partial charge is 0.481 e. The molecular weight excluding hydrogens is 210 g/mol. The van der Waals surface area contributed by atoms with Crippen LogP contribution in [0.5, 0.6) is 0 Å². The van der Waals surface area contributed by atoms with Gasteiger partial charge in [0, 0.05) is 25.5 Å². The Kier molecular flexibility index (Phi) is 7.54. The van der Waals surface area contributed by atoms with Gasteiger partial charge in [-0.05, 0) is 18.8 Å². The Labute approximate surface area is 95.9 Å². The van der Waals surface area contributed by atoms with Crippen LogP contribution in [0.3, 0.4) is 0 Å². The summed E-state index contributed by atoms with van der Waals surface area (Å²) in [5.74, 6) is -1.19. The maximum atomic E-state index is 11.5. The Morgan fingerprint density at radius 3 is 2.38 bits per heavy atom. The third-order valence-electron chi connectivity index (χ3n) is 2.39. The highest BCUT2D eigenvalue weighted by Crippen LogP contribution is 2.08. The summed E-state index contributed by atoms with van der Waals surface area (Å²) in [6.45, 7) is 3.71. The fourth-order valence-electron chi connectivity index (χ4n) is 1.51. The number of carbonyl (C=O) groups excluding carboxylic acids is 1. The number of carboxylic acid groups (broad SMARTS) is 1. The number of nitrogens with one attached hydrogen (secondary N) is 1. The Bertz CT molecular complexity index is 230. The topological polar surface area (TPSA) is 86.6 Å². The standard InChI is InChI=1S/C11H21NO4/c1-3-9(4-5-13)12-10(14)6-8(2)7-11(15)16/h8-9,13H,3-7H2,1-2H3,(H,12,14)(H,15,16). The molecule has 0 bridgehead atoms. The van der Waals surface area contributed by atoms with Crippen molar-refractivity contribution in [3.63, 3.8) is 0 Å². The number of aliphatic hydroxyl groups is 1. The van der Waals surface area contributed by atoms with Crippen LogP contribution in [-0.2, 0) is 9.59 Å². The van der Waals surface area contributed by atoms with Crippen LogP contribution in [0.2, 0.25) is 0 Å². The van der Waals surface area contributed by atoms with Gasteiger partial charge < -0.3 is 15.5 Å². The van der Waals surface area contributed by atoms with E-state index < -0.39 is 5.97 Å². The van der Waals surface area contributed by atoms with Gasteiger partial charge in [0.25, 0.3) is 0 Å². The average Bonchev–Trinajstić information content (AvgIpc) is 2.15. The summed E-state index contributed by atoms with van der Waals surface area (Å²) in [7, 11) is 0. The van der Waals surface area contributed by atoms with Gasteiger partial charge >= 0.3 is 5.97 Å². The van der Waals surface area contributed by atoms with Crippen molar-refractivity contribution in [1.29, 1.82) is 0 Å². The van der Waals surface area contributed by atoms with E-state index in [9.17, 15) is 9.59 Å². The van der Waals surface area contributed by atoms with Crippen LogP contribution in [0.4, 0.5) is 0 Å². The lowest BCUT2D eigenvalue weighted by atomic mass is 10.0. The van der Waals surface area contributed by atoms with Crippen molar-refractivity contribution in [3.8, 4) is 0 Å². The maximum absolute atomic E-state index is 11.5. The zero-order valence-corrected chi connectivity index (χ0v) is 9.90. The molecule has 0 fully saturated rings. The molecule has 0 aromatic rings. The number of aliphatic carboxylic acids is 1. The van der Waals surface area contributed by atoms with Crippen LogP contribution < -0.4 is 5.32 Å². The molecule has 2 unspecified atom stereocenters. The van der Waals surface area contributed by atoms with Crippen molar-refractivity contribution in [2.45, 2.75) is 45.6 Å². The fraction of sp³-hybridized carbons (Fsp3) is 0.818. The first-order valence-electron chi connectivity index (χ1n) is 5.61. The summed E-state index contributed by atoms with van der Waals surface area (Å²) in [6.07, 6.45) is 1.52. The van der Waals surface area contributed by atoms with Crippen LogP contribution >= 0.6 is 0 Å². The Morgan fingerprint density at radius 2 is 1.94 bits per heavy atom. The molecule has 0 aliphatic heterocycles. The smallest absolute Gasteiger partial charge is 0.303 e. The molecule has 5 heteroatoms. The predicted molar refractivity (Wildman–Crippen MR) is 60.0 cm³/mol. The van der Waals surface area contributed by atoms with Crippen molar-refractivity contribution in [1.82, 2.24) is 5.32 Å². The molecule has 94 valence electrons. The molecular formula is C11H21NO4. The van der Waals surface area contributed by atoms with Crippen molar-refractivity contribution < 1.29 is 19.8 Å².